The maximum Gasteiger partial charge on any atom is 0.236 e. The van der Waals surface area contributed by atoms with Crippen molar-refractivity contribution < 1.29 is 4.79 Å². The smallest absolute Gasteiger partial charge is 0.236 e. The molecule has 1 amide bonds. The monoisotopic (exact) mass is 405 g/mol. The predicted octanol–water partition coefficient (Wildman–Crippen LogP) is 2.59. The van der Waals surface area contributed by atoms with Crippen LogP contribution in [0.1, 0.15) is 36.8 Å². The molecule has 0 radical (unpaired) electrons. The van der Waals surface area contributed by atoms with Crippen LogP contribution in [0.4, 0.5) is 0 Å². The maximum atomic E-state index is 12.9. The highest BCUT2D eigenvalue weighted by Gasteiger charge is 2.29. The van der Waals surface area contributed by atoms with Crippen molar-refractivity contribution in [1.82, 2.24) is 24.7 Å². The van der Waals surface area contributed by atoms with Gasteiger partial charge in [0.2, 0.25) is 5.91 Å². The van der Waals surface area contributed by atoms with E-state index < -0.39 is 0 Å². The molecule has 6 nitrogen and oxygen atoms in total. The quantitative estimate of drug-likeness (QED) is 0.783. The third kappa shape index (κ3) is 4.25. The summed E-state index contributed by atoms with van der Waals surface area (Å²) in [7, 11) is 0. The van der Waals surface area contributed by atoms with E-state index in [1.54, 1.807) is 6.33 Å². The number of fused-ring (bicyclic) bond motifs is 1. The lowest BCUT2D eigenvalue weighted by molar-refractivity contribution is -0.134. The Kier molecular flexibility index (Phi) is 5.77. The van der Waals surface area contributed by atoms with Gasteiger partial charge >= 0.3 is 0 Å². The number of hydrogen-bond donors (Lipinski definition) is 0. The number of nitrogens with zero attached hydrogens (tertiary/aromatic N) is 5. The second-order valence-corrected chi connectivity index (χ2v) is 8.93. The Labute approximate surface area is 178 Å². The molecule has 2 aromatic rings. The number of amides is 1. The molecule has 1 aliphatic carbocycles. The molecule has 3 heterocycles. The zero-order valence-corrected chi connectivity index (χ0v) is 17.7. The van der Waals surface area contributed by atoms with Crippen LogP contribution in [0.15, 0.2) is 36.9 Å². The molecular weight excluding hydrogens is 374 g/mol. The molecule has 0 atom stereocenters. The van der Waals surface area contributed by atoms with Gasteiger partial charge in [-0.05, 0) is 36.0 Å². The van der Waals surface area contributed by atoms with Crippen molar-refractivity contribution in [3.05, 3.63) is 48.0 Å². The van der Waals surface area contributed by atoms with Crippen molar-refractivity contribution >= 4 is 5.91 Å². The Balaban J connectivity index is 1.15. The minimum absolute atomic E-state index is 0.294. The van der Waals surface area contributed by atoms with Crippen molar-refractivity contribution in [1.29, 1.82) is 0 Å². The lowest BCUT2D eigenvalue weighted by atomic mass is 9.95. The van der Waals surface area contributed by atoms with Gasteiger partial charge in [0, 0.05) is 63.3 Å². The van der Waals surface area contributed by atoms with Gasteiger partial charge in [-0.25, -0.2) is 9.97 Å². The number of carbonyl (C=O) groups is 1. The van der Waals surface area contributed by atoms with E-state index in [-0.39, 0.29) is 0 Å². The fourth-order valence-electron chi connectivity index (χ4n) is 5.27. The Morgan fingerprint density at radius 3 is 2.47 bits per heavy atom. The number of carbonyl (C=O) groups excluding carboxylic acids is 1. The summed E-state index contributed by atoms with van der Waals surface area (Å²) in [5, 5.41) is 0. The van der Waals surface area contributed by atoms with E-state index in [0.29, 0.717) is 12.5 Å². The van der Waals surface area contributed by atoms with Crippen LogP contribution in [-0.4, -0.2) is 75.9 Å². The summed E-state index contributed by atoms with van der Waals surface area (Å²) in [6.45, 7) is 6.21. The molecule has 2 fully saturated rings. The number of piperazine rings is 1. The van der Waals surface area contributed by atoms with E-state index in [4.69, 9.17) is 0 Å². The summed E-state index contributed by atoms with van der Waals surface area (Å²) < 4.78 is 0. The van der Waals surface area contributed by atoms with Gasteiger partial charge in [-0.3, -0.25) is 14.6 Å². The first-order valence-corrected chi connectivity index (χ1v) is 11.4. The van der Waals surface area contributed by atoms with Crippen molar-refractivity contribution in [3.63, 3.8) is 0 Å². The van der Waals surface area contributed by atoms with Gasteiger partial charge in [-0.1, -0.05) is 31.0 Å². The van der Waals surface area contributed by atoms with Gasteiger partial charge in [0.15, 0.2) is 0 Å². The summed E-state index contributed by atoms with van der Waals surface area (Å²) in [5.41, 5.74) is 4.93. The van der Waals surface area contributed by atoms with Gasteiger partial charge in [0.05, 0.1) is 6.54 Å². The first-order valence-electron chi connectivity index (χ1n) is 11.4. The van der Waals surface area contributed by atoms with E-state index in [1.165, 1.54) is 42.4 Å². The number of aromatic nitrogens is 2. The maximum absolute atomic E-state index is 12.9. The minimum atomic E-state index is 0.294. The SMILES string of the molecule is O=C(CN1CCc2cc(-c3cncnc3)ccc2C1)N1CCN(C2CCCC2)CC1. The fourth-order valence-corrected chi connectivity index (χ4v) is 5.27. The molecule has 0 bridgehead atoms. The summed E-state index contributed by atoms with van der Waals surface area (Å²) in [5.74, 6) is 0.294. The van der Waals surface area contributed by atoms with Crippen LogP contribution in [0.3, 0.4) is 0 Å². The third-order valence-corrected chi connectivity index (χ3v) is 7.06. The van der Waals surface area contributed by atoms with Crippen molar-refractivity contribution in [3.8, 4) is 11.1 Å². The van der Waals surface area contributed by atoms with Gasteiger partial charge in [0.1, 0.15) is 6.33 Å². The molecule has 1 aromatic carbocycles. The van der Waals surface area contributed by atoms with Crippen LogP contribution < -0.4 is 0 Å². The summed E-state index contributed by atoms with van der Waals surface area (Å²) in [6, 6.07) is 7.38. The zero-order chi connectivity index (χ0) is 20.3. The van der Waals surface area contributed by atoms with Gasteiger partial charge in [-0.15, -0.1) is 0 Å². The molecule has 1 saturated heterocycles. The van der Waals surface area contributed by atoms with Crippen LogP contribution >= 0.6 is 0 Å². The number of hydrogen-bond acceptors (Lipinski definition) is 5. The van der Waals surface area contributed by atoms with E-state index in [2.05, 4.69) is 42.9 Å². The highest BCUT2D eigenvalue weighted by Crippen LogP contribution is 2.26. The second kappa shape index (κ2) is 8.82. The molecule has 30 heavy (non-hydrogen) atoms. The molecule has 5 rings (SSSR count). The minimum Gasteiger partial charge on any atom is -0.339 e. The van der Waals surface area contributed by atoms with Crippen molar-refractivity contribution in [2.75, 3.05) is 39.3 Å². The zero-order valence-electron chi connectivity index (χ0n) is 17.7. The van der Waals surface area contributed by atoms with Gasteiger partial charge in [0.25, 0.3) is 0 Å². The molecular formula is C24H31N5O. The summed E-state index contributed by atoms with van der Waals surface area (Å²) in [4.78, 5) is 28.1. The van der Waals surface area contributed by atoms with Crippen molar-refractivity contribution in [2.24, 2.45) is 0 Å². The van der Waals surface area contributed by atoms with Crippen LogP contribution in [0.25, 0.3) is 11.1 Å². The highest BCUT2D eigenvalue weighted by molar-refractivity contribution is 5.78. The Hall–Kier alpha value is -2.31. The normalized spacial score (nSPS) is 21.0. The Bertz CT molecular complexity index is 872. The lowest BCUT2D eigenvalue weighted by Crippen LogP contribution is -2.53. The third-order valence-electron chi connectivity index (χ3n) is 7.06. The van der Waals surface area contributed by atoms with E-state index in [1.807, 2.05) is 12.4 Å². The summed E-state index contributed by atoms with van der Waals surface area (Å²) in [6.07, 6.45) is 11.7. The molecule has 1 aromatic heterocycles. The molecule has 2 aliphatic heterocycles. The Morgan fingerprint density at radius 1 is 0.933 bits per heavy atom. The van der Waals surface area contributed by atoms with Crippen LogP contribution in [0.5, 0.6) is 0 Å². The van der Waals surface area contributed by atoms with Crippen molar-refractivity contribution in [2.45, 2.75) is 44.7 Å². The average Bonchev–Trinajstić information content (AvgIpc) is 3.34. The van der Waals surface area contributed by atoms with Gasteiger partial charge < -0.3 is 4.90 Å². The van der Waals surface area contributed by atoms with Crippen LogP contribution in [0.2, 0.25) is 0 Å². The van der Waals surface area contributed by atoms with E-state index in [0.717, 1.165) is 57.3 Å². The molecule has 0 unspecified atom stereocenters. The molecule has 0 N–H and O–H groups in total. The first kappa shape index (κ1) is 19.6. The highest BCUT2D eigenvalue weighted by atomic mass is 16.2. The second-order valence-electron chi connectivity index (χ2n) is 8.93. The summed E-state index contributed by atoms with van der Waals surface area (Å²) >= 11 is 0. The van der Waals surface area contributed by atoms with Gasteiger partial charge in [-0.2, -0.15) is 0 Å². The topological polar surface area (TPSA) is 52.6 Å². The fraction of sp³-hybridized carbons (Fsp3) is 0.542. The largest absolute Gasteiger partial charge is 0.339 e. The lowest BCUT2D eigenvalue weighted by Gasteiger charge is -2.39. The predicted molar refractivity (Wildman–Crippen MR) is 117 cm³/mol. The van der Waals surface area contributed by atoms with E-state index in [9.17, 15) is 4.79 Å². The first-order chi connectivity index (χ1) is 14.8. The molecule has 6 heteroatoms. The number of rotatable bonds is 4. The average molecular weight is 406 g/mol. The molecule has 158 valence electrons. The Morgan fingerprint density at radius 2 is 1.70 bits per heavy atom. The molecule has 0 spiro atoms. The standard InChI is InChI=1S/C24H31N5O/c30-24(29-11-9-28(10-12-29)23-3-1-2-4-23)17-27-8-7-20-13-19(5-6-21(20)16-27)22-14-25-18-26-15-22/h5-6,13-15,18,23H,1-4,7-12,16-17H2. The molecule has 3 aliphatic rings. The van der Waals surface area contributed by atoms with Crippen LogP contribution in [0, 0.1) is 0 Å². The molecule has 1 saturated carbocycles. The van der Waals surface area contributed by atoms with E-state index >= 15 is 0 Å². The number of benzene rings is 1. The van der Waals surface area contributed by atoms with Crippen LogP contribution in [-0.2, 0) is 17.8 Å².